The standard InChI is InChI=1S/C19H18ClFN2O5/c1-11(2)28-19-14(20)8-12(9-17(19)27-3)4-7-18(24)22-13-5-6-15(21)16(10-13)23(25)26/h4-11H,1-3H3,(H,22,24). The van der Waals surface area contributed by atoms with Gasteiger partial charge in [-0.25, -0.2) is 0 Å². The number of methoxy groups -OCH3 is 1. The Hall–Kier alpha value is -3.13. The van der Waals surface area contributed by atoms with Crippen molar-refractivity contribution in [3.63, 3.8) is 0 Å². The van der Waals surface area contributed by atoms with Crippen LogP contribution >= 0.6 is 11.6 Å². The van der Waals surface area contributed by atoms with Crippen LogP contribution in [0.5, 0.6) is 11.5 Å². The Balaban J connectivity index is 2.17. The zero-order chi connectivity index (χ0) is 20.8. The van der Waals surface area contributed by atoms with E-state index in [4.69, 9.17) is 21.1 Å². The Kier molecular flexibility index (Phi) is 6.94. The van der Waals surface area contributed by atoms with Crippen LogP contribution in [0.25, 0.3) is 6.08 Å². The normalized spacial score (nSPS) is 10.9. The second-order valence-corrected chi connectivity index (χ2v) is 6.35. The number of nitrogens with one attached hydrogen (secondary N) is 1. The molecule has 1 amide bonds. The van der Waals surface area contributed by atoms with Crippen molar-refractivity contribution in [1.82, 2.24) is 0 Å². The predicted octanol–water partition coefficient (Wildman–Crippen LogP) is 4.84. The number of benzene rings is 2. The van der Waals surface area contributed by atoms with E-state index >= 15 is 0 Å². The van der Waals surface area contributed by atoms with Crippen molar-refractivity contribution in [2.75, 3.05) is 12.4 Å². The van der Waals surface area contributed by atoms with E-state index in [1.54, 1.807) is 12.1 Å². The summed E-state index contributed by atoms with van der Waals surface area (Å²) in [6.45, 7) is 3.71. The van der Waals surface area contributed by atoms with E-state index in [0.29, 0.717) is 22.1 Å². The first-order valence-electron chi connectivity index (χ1n) is 8.18. The molecule has 0 aliphatic heterocycles. The molecule has 0 radical (unpaired) electrons. The summed E-state index contributed by atoms with van der Waals surface area (Å²) in [6.07, 6.45) is 2.60. The van der Waals surface area contributed by atoms with Gasteiger partial charge in [0.2, 0.25) is 11.7 Å². The number of rotatable bonds is 7. The fourth-order valence-corrected chi connectivity index (χ4v) is 2.54. The highest BCUT2D eigenvalue weighted by atomic mass is 35.5. The molecule has 2 aromatic rings. The topological polar surface area (TPSA) is 90.7 Å². The van der Waals surface area contributed by atoms with Crippen molar-refractivity contribution in [3.8, 4) is 11.5 Å². The van der Waals surface area contributed by atoms with Crippen molar-refractivity contribution in [3.05, 3.63) is 62.9 Å². The van der Waals surface area contributed by atoms with Crippen molar-refractivity contribution in [2.45, 2.75) is 20.0 Å². The quantitative estimate of drug-likeness (QED) is 0.402. The van der Waals surface area contributed by atoms with Gasteiger partial charge in [0.05, 0.1) is 23.2 Å². The third-order valence-electron chi connectivity index (χ3n) is 3.44. The lowest BCUT2D eigenvalue weighted by molar-refractivity contribution is -0.387. The maximum Gasteiger partial charge on any atom is 0.306 e. The zero-order valence-electron chi connectivity index (χ0n) is 15.4. The summed E-state index contributed by atoms with van der Waals surface area (Å²) in [4.78, 5) is 21.9. The van der Waals surface area contributed by atoms with E-state index < -0.39 is 22.3 Å². The first-order valence-corrected chi connectivity index (χ1v) is 8.56. The van der Waals surface area contributed by atoms with Gasteiger partial charge in [-0.1, -0.05) is 11.6 Å². The minimum Gasteiger partial charge on any atom is -0.493 e. The molecule has 0 fully saturated rings. The maximum absolute atomic E-state index is 13.3. The number of nitro benzene ring substituents is 1. The van der Waals surface area contributed by atoms with Crippen LogP contribution in [0.15, 0.2) is 36.4 Å². The highest BCUT2D eigenvalue weighted by Gasteiger charge is 2.15. The minimum absolute atomic E-state index is 0.0963. The molecule has 0 bridgehead atoms. The van der Waals surface area contributed by atoms with Crippen LogP contribution in [0.4, 0.5) is 15.8 Å². The third-order valence-corrected chi connectivity index (χ3v) is 3.72. The molecule has 0 saturated heterocycles. The highest BCUT2D eigenvalue weighted by Crippen LogP contribution is 2.37. The van der Waals surface area contributed by atoms with Gasteiger partial charge in [-0.3, -0.25) is 14.9 Å². The number of halogens is 2. The molecule has 148 valence electrons. The predicted molar refractivity (Wildman–Crippen MR) is 104 cm³/mol. The molecule has 0 heterocycles. The van der Waals surface area contributed by atoms with Gasteiger partial charge in [0.25, 0.3) is 0 Å². The molecule has 2 rings (SSSR count). The second-order valence-electron chi connectivity index (χ2n) is 5.95. The average Bonchev–Trinajstić information content (AvgIpc) is 2.62. The van der Waals surface area contributed by atoms with E-state index in [-0.39, 0.29) is 11.8 Å². The highest BCUT2D eigenvalue weighted by molar-refractivity contribution is 6.32. The summed E-state index contributed by atoms with van der Waals surface area (Å²) >= 11 is 6.23. The Bertz CT molecular complexity index is 931. The number of carbonyl (C=O) groups excluding carboxylic acids is 1. The number of hydrogen-bond acceptors (Lipinski definition) is 5. The van der Waals surface area contributed by atoms with Gasteiger partial charge in [0.1, 0.15) is 0 Å². The van der Waals surface area contributed by atoms with Crippen LogP contribution in [0.1, 0.15) is 19.4 Å². The van der Waals surface area contributed by atoms with E-state index in [0.717, 1.165) is 12.1 Å². The number of ether oxygens (including phenoxy) is 2. The molecule has 2 aromatic carbocycles. The zero-order valence-corrected chi connectivity index (χ0v) is 16.1. The molecule has 0 aliphatic carbocycles. The van der Waals surface area contributed by atoms with Crippen LogP contribution < -0.4 is 14.8 Å². The first kappa shape index (κ1) is 21.2. The first-order chi connectivity index (χ1) is 13.2. The van der Waals surface area contributed by atoms with Gasteiger partial charge in [-0.05, 0) is 49.8 Å². The SMILES string of the molecule is COc1cc(C=CC(=O)Nc2ccc(F)c([N+](=O)[O-])c2)cc(Cl)c1OC(C)C. The Morgan fingerprint density at radius 1 is 1.32 bits per heavy atom. The molecular formula is C19H18ClFN2O5. The molecule has 0 spiro atoms. The van der Waals surface area contributed by atoms with Gasteiger partial charge >= 0.3 is 5.69 Å². The smallest absolute Gasteiger partial charge is 0.306 e. The largest absolute Gasteiger partial charge is 0.493 e. The summed E-state index contributed by atoms with van der Waals surface area (Å²) < 4.78 is 24.2. The van der Waals surface area contributed by atoms with Crippen LogP contribution in [-0.4, -0.2) is 24.0 Å². The molecule has 9 heteroatoms. The van der Waals surface area contributed by atoms with Crippen LogP contribution in [0.3, 0.4) is 0 Å². The van der Waals surface area contributed by atoms with Crippen LogP contribution in [0.2, 0.25) is 5.02 Å². The Morgan fingerprint density at radius 2 is 2.04 bits per heavy atom. The van der Waals surface area contributed by atoms with Crippen molar-refractivity contribution < 1.29 is 23.6 Å². The summed E-state index contributed by atoms with van der Waals surface area (Å²) in [5.74, 6) is -0.725. The lowest BCUT2D eigenvalue weighted by Gasteiger charge is -2.15. The lowest BCUT2D eigenvalue weighted by atomic mass is 10.1. The molecule has 1 N–H and O–H groups in total. The monoisotopic (exact) mass is 408 g/mol. The van der Waals surface area contributed by atoms with E-state index in [1.165, 1.54) is 25.3 Å². The minimum atomic E-state index is -0.982. The van der Waals surface area contributed by atoms with Gasteiger partial charge in [0.15, 0.2) is 11.5 Å². The maximum atomic E-state index is 13.3. The van der Waals surface area contributed by atoms with Gasteiger partial charge in [-0.2, -0.15) is 4.39 Å². The number of carbonyl (C=O) groups is 1. The molecule has 0 saturated carbocycles. The number of anilines is 1. The molecular weight excluding hydrogens is 391 g/mol. The molecule has 0 unspecified atom stereocenters. The molecule has 0 aliphatic rings. The molecule has 28 heavy (non-hydrogen) atoms. The van der Waals surface area contributed by atoms with Gasteiger partial charge in [0, 0.05) is 17.8 Å². The third kappa shape index (κ3) is 5.43. The molecule has 7 nitrogen and oxygen atoms in total. The number of nitrogens with zero attached hydrogens (tertiary/aromatic N) is 1. The fraction of sp³-hybridized carbons (Fsp3) is 0.211. The number of amides is 1. The van der Waals surface area contributed by atoms with Crippen LogP contribution in [0, 0.1) is 15.9 Å². The van der Waals surface area contributed by atoms with Crippen LogP contribution in [-0.2, 0) is 4.79 Å². The Labute approximate surface area is 165 Å². The number of hydrogen-bond donors (Lipinski definition) is 1. The van der Waals surface area contributed by atoms with Crippen molar-refractivity contribution in [1.29, 1.82) is 0 Å². The summed E-state index contributed by atoms with van der Waals surface area (Å²) in [5, 5.41) is 13.5. The van der Waals surface area contributed by atoms with Gasteiger partial charge < -0.3 is 14.8 Å². The second kappa shape index (κ2) is 9.18. The summed E-state index contributed by atoms with van der Waals surface area (Å²) in [6, 6.07) is 6.34. The molecule has 0 aromatic heterocycles. The van der Waals surface area contributed by atoms with E-state index in [2.05, 4.69) is 5.32 Å². The van der Waals surface area contributed by atoms with E-state index in [1.807, 2.05) is 13.8 Å². The number of nitro groups is 1. The lowest BCUT2D eigenvalue weighted by Crippen LogP contribution is -2.08. The Morgan fingerprint density at radius 3 is 2.64 bits per heavy atom. The van der Waals surface area contributed by atoms with E-state index in [9.17, 15) is 19.3 Å². The summed E-state index contributed by atoms with van der Waals surface area (Å²) in [5.41, 5.74) is -0.0451. The van der Waals surface area contributed by atoms with Gasteiger partial charge in [-0.15, -0.1) is 0 Å². The molecule has 0 atom stereocenters. The fourth-order valence-electron chi connectivity index (χ4n) is 2.27. The van der Waals surface area contributed by atoms with Crippen molar-refractivity contribution in [2.24, 2.45) is 0 Å². The van der Waals surface area contributed by atoms with Crippen molar-refractivity contribution >= 4 is 35.0 Å². The summed E-state index contributed by atoms with van der Waals surface area (Å²) in [7, 11) is 1.47. The average molecular weight is 409 g/mol.